The number of para-hydroxylation sites is 1. The van der Waals surface area contributed by atoms with Gasteiger partial charge in [-0.1, -0.05) is 48.5 Å². The first-order chi connectivity index (χ1) is 13.1. The molecule has 152 valence electrons. The summed E-state index contributed by atoms with van der Waals surface area (Å²) in [6.45, 7) is 5.67. The molecule has 2 aromatic rings. The first-order valence-corrected chi connectivity index (χ1v) is 9.06. The summed E-state index contributed by atoms with van der Waals surface area (Å²) in [5.74, 6) is 0.408. The molecule has 0 spiro atoms. The number of aliphatic imine (C=N–C) groups is 1. The molecule has 0 fully saturated rings. The van der Waals surface area contributed by atoms with Gasteiger partial charge in [0.1, 0.15) is 0 Å². The summed E-state index contributed by atoms with van der Waals surface area (Å²) in [5.41, 5.74) is 4.10. The number of urea groups is 1. The van der Waals surface area contributed by atoms with Crippen LogP contribution in [0.3, 0.4) is 0 Å². The van der Waals surface area contributed by atoms with Gasteiger partial charge in [0.15, 0.2) is 5.96 Å². The van der Waals surface area contributed by atoms with Crippen molar-refractivity contribution in [1.82, 2.24) is 10.6 Å². The first kappa shape index (κ1) is 23.5. The summed E-state index contributed by atoms with van der Waals surface area (Å²) in [7, 11) is 1.62. The summed E-state index contributed by atoms with van der Waals surface area (Å²) in [6, 6.07) is 15.8. The minimum Gasteiger partial charge on any atom is -0.379 e. The van der Waals surface area contributed by atoms with Gasteiger partial charge in [-0.2, -0.15) is 0 Å². The van der Waals surface area contributed by atoms with Crippen molar-refractivity contribution in [2.45, 2.75) is 20.3 Å². The van der Waals surface area contributed by atoms with Crippen LogP contribution in [-0.4, -0.2) is 38.8 Å². The van der Waals surface area contributed by atoms with Crippen LogP contribution >= 0.6 is 12.4 Å². The lowest BCUT2D eigenvalue weighted by Gasteiger charge is -2.14. The van der Waals surface area contributed by atoms with E-state index in [9.17, 15) is 4.79 Å². The molecule has 0 bridgehead atoms. The van der Waals surface area contributed by atoms with Crippen LogP contribution in [0.1, 0.15) is 16.7 Å². The Kier molecular flexibility index (Phi) is 10.7. The SMILES string of the molecule is CN=C(NCCOCCc1ccccc1)NC(=O)Nc1c(C)cccc1C.Cl. The highest BCUT2D eigenvalue weighted by Gasteiger charge is 2.09. The lowest BCUT2D eigenvalue weighted by molar-refractivity contribution is 0.142. The first-order valence-electron chi connectivity index (χ1n) is 9.06. The van der Waals surface area contributed by atoms with Crippen LogP contribution in [0.15, 0.2) is 53.5 Å². The zero-order valence-corrected chi connectivity index (χ0v) is 17.4. The zero-order valence-electron chi connectivity index (χ0n) is 16.6. The third-order valence-electron chi connectivity index (χ3n) is 4.09. The molecule has 0 saturated carbocycles. The molecule has 2 rings (SSSR count). The molecule has 0 radical (unpaired) electrons. The number of ether oxygens (including phenoxy) is 1. The number of amides is 2. The number of nitrogens with one attached hydrogen (secondary N) is 3. The Hall–Kier alpha value is -2.57. The molecule has 0 aromatic heterocycles. The predicted molar refractivity (Wildman–Crippen MR) is 118 cm³/mol. The normalized spacial score (nSPS) is 10.8. The minimum atomic E-state index is -0.328. The standard InChI is InChI=1S/C21H28N4O2.ClH/c1-16-8-7-9-17(2)19(16)24-21(26)25-20(22-3)23-13-15-27-14-12-18-10-5-4-6-11-18;/h4-11H,12-15H2,1-3H3,(H3,22,23,24,25,26);1H. The van der Waals surface area contributed by atoms with Crippen molar-refractivity contribution in [3.05, 3.63) is 65.2 Å². The Bertz CT molecular complexity index is 746. The highest BCUT2D eigenvalue weighted by molar-refractivity contribution is 6.02. The van der Waals surface area contributed by atoms with Crippen LogP contribution in [0.5, 0.6) is 0 Å². The molecule has 0 heterocycles. The second-order valence-corrected chi connectivity index (χ2v) is 6.19. The third kappa shape index (κ3) is 7.98. The number of nitrogens with zero attached hydrogens (tertiary/aromatic N) is 1. The summed E-state index contributed by atoms with van der Waals surface area (Å²) >= 11 is 0. The van der Waals surface area contributed by atoms with Crippen LogP contribution in [0.4, 0.5) is 10.5 Å². The van der Waals surface area contributed by atoms with Gasteiger partial charge in [-0.3, -0.25) is 10.3 Å². The van der Waals surface area contributed by atoms with Gasteiger partial charge in [-0.05, 0) is 37.0 Å². The second kappa shape index (κ2) is 12.8. The number of carbonyl (C=O) groups excluding carboxylic acids is 1. The number of rotatable bonds is 7. The maximum Gasteiger partial charge on any atom is 0.326 e. The fourth-order valence-corrected chi connectivity index (χ4v) is 2.62. The van der Waals surface area contributed by atoms with Crippen LogP contribution in [0.25, 0.3) is 0 Å². The molecule has 0 aliphatic carbocycles. The number of hydrogen-bond acceptors (Lipinski definition) is 3. The van der Waals surface area contributed by atoms with Crippen molar-refractivity contribution in [2.24, 2.45) is 4.99 Å². The van der Waals surface area contributed by atoms with Crippen LogP contribution in [0, 0.1) is 13.8 Å². The van der Waals surface area contributed by atoms with E-state index in [4.69, 9.17) is 4.74 Å². The van der Waals surface area contributed by atoms with E-state index in [1.54, 1.807) is 7.05 Å². The Labute approximate surface area is 173 Å². The lowest BCUT2D eigenvalue weighted by atomic mass is 10.1. The Morgan fingerprint density at radius 2 is 1.68 bits per heavy atom. The molecular formula is C21H29ClN4O2. The number of carbonyl (C=O) groups is 1. The summed E-state index contributed by atoms with van der Waals surface area (Å²) < 4.78 is 5.62. The maximum absolute atomic E-state index is 12.2. The average molecular weight is 405 g/mol. The topological polar surface area (TPSA) is 74.8 Å². The number of anilines is 1. The summed E-state index contributed by atoms with van der Waals surface area (Å²) in [4.78, 5) is 16.3. The van der Waals surface area contributed by atoms with Gasteiger partial charge >= 0.3 is 6.03 Å². The Balaban J connectivity index is 0.00000392. The van der Waals surface area contributed by atoms with Gasteiger partial charge in [0.2, 0.25) is 0 Å². The van der Waals surface area contributed by atoms with E-state index in [1.807, 2.05) is 50.2 Å². The maximum atomic E-state index is 12.2. The number of benzene rings is 2. The highest BCUT2D eigenvalue weighted by atomic mass is 35.5. The molecule has 28 heavy (non-hydrogen) atoms. The molecule has 0 atom stereocenters. The molecule has 0 unspecified atom stereocenters. The fourth-order valence-electron chi connectivity index (χ4n) is 2.62. The van der Waals surface area contributed by atoms with Gasteiger partial charge < -0.3 is 15.4 Å². The number of halogens is 1. The molecule has 0 saturated heterocycles. The van der Waals surface area contributed by atoms with Crippen molar-refractivity contribution in [3.8, 4) is 0 Å². The van der Waals surface area contributed by atoms with Gasteiger partial charge in [0.05, 0.1) is 13.2 Å². The van der Waals surface area contributed by atoms with Crippen LogP contribution in [-0.2, 0) is 11.2 Å². The van der Waals surface area contributed by atoms with Crippen molar-refractivity contribution in [1.29, 1.82) is 0 Å². The lowest BCUT2D eigenvalue weighted by Crippen LogP contribution is -2.44. The Morgan fingerprint density at radius 3 is 2.32 bits per heavy atom. The van der Waals surface area contributed by atoms with Crippen LogP contribution < -0.4 is 16.0 Å². The van der Waals surface area contributed by atoms with Crippen LogP contribution in [0.2, 0.25) is 0 Å². The van der Waals surface area contributed by atoms with E-state index in [0.29, 0.717) is 25.7 Å². The largest absolute Gasteiger partial charge is 0.379 e. The quantitative estimate of drug-likeness (QED) is 0.374. The summed E-state index contributed by atoms with van der Waals surface area (Å²) in [5, 5.41) is 8.66. The van der Waals surface area contributed by atoms with Gasteiger partial charge in [-0.15, -0.1) is 12.4 Å². The zero-order chi connectivity index (χ0) is 19.5. The van der Waals surface area contributed by atoms with E-state index in [-0.39, 0.29) is 18.4 Å². The molecule has 7 heteroatoms. The number of aryl methyl sites for hydroxylation is 2. The average Bonchev–Trinajstić information content (AvgIpc) is 2.67. The van der Waals surface area contributed by atoms with E-state index in [1.165, 1.54) is 5.56 Å². The molecule has 6 nitrogen and oxygen atoms in total. The molecule has 0 aliphatic heterocycles. The summed E-state index contributed by atoms with van der Waals surface area (Å²) in [6.07, 6.45) is 0.881. The van der Waals surface area contributed by atoms with Gasteiger partial charge in [0.25, 0.3) is 0 Å². The predicted octanol–water partition coefficient (Wildman–Crippen LogP) is 3.68. The van der Waals surface area contributed by atoms with E-state index in [2.05, 4.69) is 33.1 Å². The fraction of sp³-hybridized carbons (Fsp3) is 0.333. The van der Waals surface area contributed by atoms with E-state index < -0.39 is 0 Å². The van der Waals surface area contributed by atoms with Crippen molar-refractivity contribution >= 4 is 30.1 Å². The highest BCUT2D eigenvalue weighted by Crippen LogP contribution is 2.18. The number of hydrogen-bond donors (Lipinski definition) is 3. The van der Waals surface area contributed by atoms with E-state index >= 15 is 0 Å². The van der Waals surface area contributed by atoms with Crippen molar-refractivity contribution in [2.75, 3.05) is 32.1 Å². The number of guanidine groups is 1. The molecule has 3 N–H and O–H groups in total. The second-order valence-electron chi connectivity index (χ2n) is 6.19. The van der Waals surface area contributed by atoms with Gasteiger partial charge in [-0.25, -0.2) is 4.79 Å². The van der Waals surface area contributed by atoms with Crippen molar-refractivity contribution < 1.29 is 9.53 Å². The van der Waals surface area contributed by atoms with Crippen molar-refractivity contribution in [3.63, 3.8) is 0 Å². The molecule has 0 aliphatic rings. The molecule has 2 aromatic carbocycles. The third-order valence-corrected chi connectivity index (χ3v) is 4.09. The molecule has 2 amide bonds. The Morgan fingerprint density at radius 1 is 1.00 bits per heavy atom. The molecular weight excluding hydrogens is 376 g/mol. The monoisotopic (exact) mass is 404 g/mol. The van der Waals surface area contributed by atoms with E-state index in [0.717, 1.165) is 23.2 Å². The minimum absolute atomic E-state index is 0. The van der Waals surface area contributed by atoms with Gasteiger partial charge in [0, 0.05) is 19.3 Å². The smallest absolute Gasteiger partial charge is 0.326 e.